The van der Waals surface area contributed by atoms with Crippen LogP contribution in [0.5, 0.6) is 0 Å². The highest BCUT2D eigenvalue weighted by atomic mass is 35.5. The standard InChI is InChI=1S/C12H19N.ClH/c1-3-12(13)9-10(2)11-7-5-4-6-8-11;/h4-8,10,12H,3,9,13H2,1-2H3;1H. The van der Waals surface area contributed by atoms with Gasteiger partial charge in [0.2, 0.25) is 0 Å². The number of rotatable bonds is 4. The van der Waals surface area contributed by atoms with Gasteiger partial charge in [0, 0.05) is 6.04 Å². The van der Waals surface area contributed by atoms with Gasteiger partial charge in [-0.2, -0.15) is 0 Å². The molecule has 1 aromatic rings. The Morgan fingerprint density at radius 1 is 1.21 bits per heavy atom. The molecular weight excluding hydrogens is 194 g/mol. The van der Waals surface area contributed by atoms with Crippen LogP contribution < -0.4 is 5.73 Å². The Kier molecular flexibility index (Phi) is 6.60. The molecule has 0 saturated carbocycles. The maximum atomic E-state index is 5.91. The third kappa shape index (κ3) is 4.12. The summed E-state index contributed by atoms with van der Waals surface area (Å²) in [4.78, 5) is 0. The van der Waals surface area contributed by atoms with Crippen molar-refractivity contribution in [2.24, 2.45) is 5.73 Å². The molecule has 0 spiro atoms. The van der Waals surface area contributed by atoms with Crippen LogP contribution in [0.15, 0.2) is 30.3 Å². The van der Waals surface area contributed by atoms with Crippen LogP contribution in [-0.4, -0.2) is 6.04 Å². The zero-order valence-corrected chi connectivity index (χ0v) is 9.76. The Hall–Kier alpha value is -0.530. The van der Waals surface area contributed by atoms with Crippen LogP contribution in [0.2, 0.25) is 0 Å². The van der Waals surface area contributed by atoms with Gasteiger partial charge in [0.25, 0.3) is 0 Å². The van der Waals surface area contributed by atoms with E-state index < -0.39 is 0 Å². The van der Waals surface area contributed by atoms with Crippen LogP contribution in [0, 0.1) is 0 Å². The van der Waals surface area contributed by atoms with Gasteiger partial charge in [0.1, 0.15) is 0 Å². The van der Waals surface area contributed by atoms with Crippen LogP contribution in [0.3, 0.4) is 0 Å². The zero-order chi connectivity index (χ0) is 9.68. The van der Waals surface area contributed by atoms with Crippen molar-refractivity contribution < 1.29 is 0 Å². The lowest BCUT2D eigenvalue weighted by Gasteiger charge is -2.15. The lowest BCUT2D eigenvalue weighted by Crippen LogP contribution is -2.20. The molecule has 2 unspecified atom stereocenters. The van der Waals surface area contributed by atoms with E-state index in [-0.39, 0.29) is 12.4 Å². The van der Waals surface area contributed by atoms with Crippen molar-refractivity contribution in [1.29, 1.82) is 0 Å². The molecule has 0 aliphatic carbocycles. The van der Waals surface area contributed by atoms with E-state index in [0.717, 1.165) is 12.8 Å². The zero-order valence-electron chi connectivity index (χ0n) is 8.94. The first kappa shape index (κ1) is 13.5. The van der Waals surface area contributed by atoms with Gasteiger partial charge in [-0.05, 0) is 24.3 Å². The smallest absolute Gasteiger partial charge is 0.00419 e. The Morgan fingerprint density at radius 2 is 1.79 bits per heavy atom. The van der Waals surface area contributed by atoms with Gasteiger partial charge in [-0.3, -0.25) is 0 Å². The summed E-state index contributed by atoms with van der Waals surface area (Å²) in [6.45, 7) is 4.38. The molecule has 0 heterocycles. The summed E-state index contributed by atoms with van der Waals surface area (Å²) in [5.74, 6) is 0.580. The summed E-state index contributed by atoms with van der Waals surface area (Å²) < 4.78 is 0. The molecule has 1 aromatic carbocycles. The van der Waals surface area contributed by atoms with Crippen molar-refractivity contribution in [3.63, 3.8) is 0 Å². The first-order valence-electron chi connectivity index (χ1n) is 5.04. The predicted octanol–water partition coefficient (Wildman–Crippen LogP) is 3.34. The van der Waals surface area contributed by atoms with E-state index in [1.165, 1.54) is 5.56 Å². The molecule has 0 bridgehead atoms. The summed E-state index contributed by atoms with van der Waals surface area (Å²) in [7, 11) is 0. The minimum absolute atomic E-state index is 0. The van der Waals surface area contributed by atoms with Crippen molar-refractivity contribution in [1.82, 2.24) is 0 Å². The minimum Gasteiger partial charge on any atom is -0.328 e. The van der Waals surface area contributed by atoms with E-state index in [1.807, 2.05) is 0 Å². The van der Waals surface area contributed by atoms with Crippen molar-refractivity contribution in [3.8, 4) is 0 Å². The molecule has 0 aromatic heterocycles. The fraction of sp³-hybridized carbons (Fsp3) is 0.500. The average molecular weight is 214 g/mol. The molecule has 14 heavy (non-hydrogen) atoms. The number of hydrogen-bond acceptors (Lipinski definition) is 1. The normalized spacial score (nSPS) is 14.2. The van der Waals surface area contributed by atoms with E-state index in [0.29, 0.717) is 12.0 Å². The number of benzene rings is 1. The van der Waals surface area contributed by atoms with Crippen molar-refractivity contribution in [3.05, 3.63) is 35.9 Å². The highest BCUT2D eigenvalue weighted by Gasteiger charge is 2.08. The van der Waals surface area contributed by atoms with Gasteiger partial charge in [0.05, 0.1) is 0 Å². The van der Waals surface area contributed by atoms with E-state index in [1.54, 1.807) is 0 Å². The molecule has 0 fully saturated rings. The van der Waals surface area contributed by atoms with E-state index in [4.69, 9.17) is 5.73 Å². The average Bonchev–Trinajstić information content (AvgIpc) is 2.19. The first-order valence-corrected chi connectivity index (χ1v) is 5.04. The second-order valence-corrected chi connectivity index (χ2v) is 3.72. The predicted molar refractivity (Wildman–Crippen MR) is 65.0 cm³/mol. The fourth-order valence-electron chi connectivity index (χ4n) is 1.54. The van der Waals surface area contributed by atoms with E-state index in [9.17, 15) is 0 Å². The molecule has 1 nitrogen and oxygen atoms in total. The summed E-state index contributed by atoms with van der Waals surface area (Å²) in [5, 5.41) is 0. The van der Waals surface area contributed by atoms with Gasteiger partial charge in [-0.15, -0.1) is 12.4 Å². The van der Waals surface area contributed by atoms with Crippen LogP contribution in [0.25, 0.3) is 0 Å². The van der Waals surface area contributed by atoms with Crippen molar-refractivity contribution >= 4 is 12.4 Å². The minimum atomic E-state index is 0. The highest BCUT2D eigenvalue weighted by Crippen LogP contribution is 2.20. The fourth-order valence-corrected chi connectivity index (χ4v) is 1.54. The molecule has 2 N–H and O–H groups in total. The molecule has 0 aliphatic heterocycles. The first-order chi connectivity index (χ1) is 6.24. The third-order valence-electron chi connectivity index (χ3n) is 2.55. The van der Waals surface area contributed by atoms with Crippen molar-refractivity contribution in [2.75, 3.05) is 0 Å². The molecule has 0 aliphatic rings. The van der Waals surface area contributed by atoms with Crippen LogP contribution >= 0.6 is 12.4 Å². The Bertz CT molecular complexity index is 235. The second kappa shape index (κ2) is 6.86. The van der Waals surface area contributed by atoms with Gasteiger partial charge in [-0.25, -0.2) is 0 Å². The van der Waals surface area contributed by atoms with Gasteiger partial charge < -0.3 is 5.73 Å². The summed E-state index contributed by atoms with van der Waals surface area (Å²) in [5.41, 5.74) is 7.31. The van der Waals surface area contributed by atoms with Crippen LogP contribution in [0.4, 0.5) is 0 Å². The van der Waals surface area contributed by atoms with E-state index in [2.05, 4.69) is 44.2 Å². The van der Waals surface area contributed by atoms with Crippen LogP contribution in [0.1, 0.15) is 38.2 Å². The monoisotopic (exact) mass is 213 g/mol. The largest absolute Gasteiger partial charge is 0.328 e. The molecule has 0 amide bonds. The van der Waals surface area contributed by atoms with E-state index >= 15 is 0 Å². The molecule has 2 heteroatoms. The highest BCUT2D eigenvalue weighted by molar-refractivity contribution is 5.85. The Morgan fingerprint density at radius 3 is 2.29 bits per heavy atom. The molecule has 0 radical (unpaired) electrons. The number of nitrogens with two attached hydrogens (primary N) is 1. The molecule has 80 valence electrons. The lowest BCUT2D eigenvalue weighted by atomic mass is 9.93. The molecule has 0 saturated heterocycles. The maximum absolute atomic E-state index is 5.91. The SMILES string of the molecule is CCC(N)CC(C)c1ccccc1.Cl. The Labute approximate surface area is 93.1 Å². The number of hydrogen-bond donors (Lipinski definition) is 1. The number of halogens is 1. The van der Waals surface area contributed by atoms with Crippen molar-refractivity contribution in [2.45, 2.75) is 38.6 Å². The lowest BCUT2D eigenvalue weighted by molar-refractivity contribution is 0.538. The van der Waals surface area contributed by atoms with Gasteiger partial charge >= 0.3 is 0 Å². The second-order valence-electron chi connectivity index (χ2n) is 3.72. The quantitative estimate of drug-likeness (QED) is 0.816. The summed E-state index contributed by atoms with van der Waals surface area (Å²) >= 11 is 0. The van der Waals surface area contributed by atoms with Gasteiger partial charge in [0.15, 0.2) is 0 Å². The molecule has 2 atom stereocenters. The summed E-state index contributed by atoms with van der Waals surface area (Å²) in [6, 6.07) is 10.9. The topological polar surface area (TPSA) is 26.0 Å². The Balaban J connectivity index is 0.00000169. The molecule has 1 rings (SSSR count). The molecular formula is C12H20ClN. The van der Waals surface area contributed by atoms with Crippen LogP contribution in [-0.2, 0) is 0 Å². The maximum Gasteiger partial charge on any atom is 0.00419 e. The van der Waals surface area contributed by atoms with Gasteiger partial charge in [-0.1, -0.05) is 44.2 Å². The third-order valence-corrected chi connectivity index (χ3v) is 2.55. The summed E-state index contributed by atoms with van der Waals surface area (Å²) in [6.07, 6.45) is 2.15.